The summed E-state index contributed by atoms with van der Waals surface area (Å²) in [6.07, 6.45) is 3.67. The van der Waals surface area contributed by atoms with Crippen LogP contribution in [0.5, 0.6) is 0 Å². The molecule has 1 amide bonds. The third kappa shape index (κ3) is 3.41. The molecule has 0 atom stereocenters. The second-order valence-electron chi connectivity index (χ2n) is 6.87. The quantitative estimate of drug-likeness (QED) is 0.518. The highest BCUT2D eigenvalue weighted by molar-refractivity contribution is 5.98. The number of carbonyl (C=O) groups is 1. The monoisotopic (exact) mass is 377 g/mol. The number of hydrogen-bond acceptors (Lipinski definition) is 3. The van der Waals surface area contributed by atoms with Crippen LogP contribution in [-0.2, 0) is 13.1 Å². The standard InChI is InChI=1S/C22H20FN3O2/c1-15-18-9-6-10-19(23)21(18)28-20(15)22(27)25(2)12-17-11-24-26(14-17)13-16-7-4-3-5-8-16/h3-11,14H,12-13H2,1-2H3. The Morgan fingerprint density at radius 1 is 1.14 bits per heavy atom. The molecule has 6 heteroatoms. The Kier molecular flexibility index (Phi) is 4.69. The number of hydrogen-bond donors (Lipinski definition) is 0. The van der Waals surface area contributed by atoms with Gasteiger partial charge in [0.2, 0.25) is 0 Å². The lowest BCUT2D eigenvalue weighted by molar-refractivity contribution is 0.0754. The normalized spacial score (nSPS) is 11.1. The zero-order chi connectivity index (χ0) is 19.7. The van der Waals surface area contributed by atoms with Crippen LogP contribution >= 0.6 is 0 Å². The molecule has 5 nitrogen and oxygen atoms in total. The van der Waals surface area contributed by atoms with Gasteiger partial charge in [-0.2, -0.15) is 5.10 Å². The molecule has 0 radical (unpaired) electrons. The van der Waals surface area contributed by atoms with Crippen molar-refractivity contribution in [3.8, 4) is 0 Å². The van der Waals surface area contributed by atoms with Crippen LogP contribution in [-0.4, -0.2) is 27.6 Å². The van der Waals surface area contributed by atoms with Crippen LogP contribution in [0, 0.1) is 12.7 Å². The van der Waals surface area contributed by atoms with Crippen molar-refractivity contribution >= 4 is 16.9 Å². The van der Waals surface area contributed by atoms with Crippen LogP contribution in [0.4, 0.5) is 4.39 Å². The van der Waals surface area contributed by atoms with Crippen LogP contribution < -0.4 is 0 Å². The molecule has 2 aromatic heterocycles. The van der Waals surface area contributed by atoms with Gasteiger partial charge in [-0.3, -0.25) is 9.48 Å². The summed E-state index contributed by atoms with van der Waals surface area (Å²) in [6, 6.07) is 14.7. The van der Waals surface area contributed by atoms with Gasteiger partial charge < -0.3 is 9.32 Å². The lowest BCUT2D eigenvalue weighted by Crippen LogP contribution is -2.26. The molecule has 0 aliphatic rings. The van der Waals surface area contributed by atoms with Crippen molar-refractivity contribution in [2.45, 2.75) is 20.0 Å². The number of rotatable bonds is 5. The Morgan fingerprint density at radius 2 is 1.93 bits per heavy atom. The first-order chi connectivity index (χ1) is 13.5. The van der Waals surface area contributed by atoms with Gasteiger partial charge in [-0.25, -0.2) is 4.39 Å². The van der Waals surface area contributed by atoms with Gasteiger partial charge in [-0.05, 0) is 18.6 Å². The summed E-state index contributed by atoms with van der Waals surface area (Å²) in [6.45, 7) is 2.82. The molecule has 0 bridgehead atoms. The third-order valence-corrected chi connectivity index (χ3v) is 4.75. The summed E-state index contributed by atoms with van der Waals surface area (Å²) in [7, 11) is 1.69. The van der Waals surface area contributed by atoms with E-state index in [0.29, 0.717) is 24.0 Å². The van der Waals surface area contributed by atoms with E-state index in [2.05, 4.69) is 5.10 Å². The van der Waals surface area contributed by atoms with E-state index in [0.717, 1.165) is 11.1 Å². The fourth-order valence-electron chi connectivity index (χ4n) is 3.28. The summed E-state index contributed by atoms with van der Waals surface area (Å²) in [5.74, 6) is -0.590. The number of amides is 1. The maximum absolute atomic E-state index is 13.9. The van der Waals surface area contributed by atoms with Crippen molar-refractivity contribution in [2.24, 2.45) is 0 Å². The molecule has 2 heterocycles. The molecule has 0 saturated carbocycles. The van der Waals surface area contributed by atoms with Crippen LogP contribution in [0.25, 0.3) is 11.0 Å². The van der Waals surface area contributed by atoms with Crippen molar-refractivity contribution in [1.29, 1.82) is 0 Å². The molecule has 0 aliphatic carbocycles. The fraction of sp³-hybridized carbons (Fsp3) is 0.182. The number of furan rings is 1. The third-order valence-electron chi connectivity index (χ3n) is 4.75. The molecule has 0 N–H and O–H groups in total. The average molecular weight is 377 g/mol. The zero-order valence-corrected chi connectivity index (χ0v) is 15.7. The van der Waals surface area contributed by atoms with Crippen LogP contribution in [0.3, 0.4) is 0 Å². The van der Waals surface area contributed by atoms with Gasteiger partial charge in [-0.15, -0.1) is 0 Å². The predicted octanol–water partition coefficient (Wildman–Crippen LogP) is 4.40. The average Bonchev–Trinajstić information content (AvgIpc) is 3.27. The number of fused-ring (bicyclic) bond motifs is 1. The number of halogens is 1. The minimum atomic E-state index is -0.468. The molecule has 2 aromatic carbocycles. The molecule has 4 aromatic rings. The Labute approximate surface area is 162 Å². The van der Waals surface area contributed by atoms with Gasteiger partial charge in [0.25, 0.3) is 5.91 Å². The maximum atomic E-state index is 13.9. The number of para-hydroxylation sites is 1. The first-order valence-corrected chi connectivity index (χ1v) is 9.01. The van der Waals surface area contributed by atoms with Crippen molar-refractivity contribution in [3.63, 3.8) is 0 Å². The number of nitrogens with zero attached hydrogens (tertiary/aromatic N) is 3. The van der Waals surface area contributed by atoms with Gasteiger partial charge in [0.15, 0.2) is 17.2 Å². The number of aromatic nitrogens is 2. The molecular weight excluding hydrogens is 357 g/mol. The Hall–Kier alpha value is -3.41. The van der Waals surface area contributed by atoms with E-state index >= 15 is 0 Å². The molecule has 0 fully saturated rings. The highest BCUT2D eigenvalue weighted by Crippen LogP contribution is 2.28. The van der Waals surface area contributed by atoms with Gasteiger partial charge in [0, 0.05) is 36.3 Å². The molecule has 0 spiro atoms. The van der Waals surface area contributed by atoms with E-state index in [9.17, 15) is 9.18 Å². The number of aryl methyl sites for hydroxylation is 1. The summed E-state index contributed by atoms with van der Waals surface area (Å²) < 4.78 is 21.3. The highest BCUT2D eigenvalue weighted by atomic mass is 19.1. The van der Waals surface area contributed by atoms with E-state index < -0.39 is 5.82 Å². The Morgan fingerprint density at radius 3 is 2.68 bits per heavy atom. The maximum Gasteiger partial charge on any atom is 0.289 e. The lowest BCUT2D eigenvalue weighted by atomic mass is 10.1. The summed E-state index contributed by atoms with van der Waals surface area (Å²) >= 11 is 0. The van der Waals surface area contributed by atoms with Crippen molar-refractivity contribution in [3.05, 3.63) is 89.2 Å². The molecule has 28 heavy (non-hydrogen) atoms. The Balaban J connectivity index is 1.50. The van der Waals surface area contributed by atoms with Crippen LogP contribution in [0.15, 0.2) is 65.3 Å². The summed E-state index contributed by atoms with van der Waals surface area (Å²) in [4.78, 5) is 14.4. The molecular formula is C22H20FN3O2. The highest BCUT2D eigenvalue weighted by Gasteiger charge is 2.22. The van der Waals surface area contributed by atoms with Gasteiger partial charge in [0.05, 0.1) is 12.7 Å². The smallest absolute Gasteiger partial charge is 0.289 e. The fourth-order valence-corrected chi connectivity index (χ4v) is 3.28. The second kappa shape index (κ2) is 7.31. The van der Waals surface area contributed by atoms with Crippen molar-refractivity contribution in [1.82, 2.24) is 14.7 Å². The Bertz CT molecular complexity index is 1130. The number of carbonyl (C=O) groups excluding carboxylic acids is 1. The van der Waals surface area contributed by atoms with E-state index in [1.54, 1.807) is 37.2 Å². The van der Waals surface area contributed by atoms with Gasteiger partial charge in [-0.1, -0.05) is 42.5 Å². The topological polar surface area (TPSA) is 51.3 Å². The van der Waals surface area contributed by atoms with Crippen LogP contribution in [0.1, 0.15) is 27.2 Å². The minimum absolute atomic E-state index is 0.118. The minimum Gasteiger partial charge on any atom is -0.448 e. The number of benzene rings is 2. The lowest BCUT2D eigenvalue weighted by Gasteiger charge is -2.15. The summed E-state index contributed by atoms with van der Waals surface area (Å²) in [5.41, 5.74) is 2.83. The molecule has 0 aliphatic heterocycles. The van der Waals surface area contributed by atoms with Crippen molar-refractivity contribution < 1.29 is 13.6 Å². The summed E-state index contributed by atoms with van der Waals surface area (Å²) in [5, 5.41) is 4.98. The van der Waals surface area contributed by atoms with Gasteiger partial charge >= 0.3 is 0 Å². The largest absolute Gasteiger partial charge is 0.448 e. The van der Waals surface area contributed by atoms with E-state index in [4.69, 9.17) is 4.42 Å². The van der Waals surface area contributed by atoms with E-state index in [-0.39, 0.29) is 17.3 Å². The van der Waals surface area contributed by atoms with E-state index in [1.165, 1.54) is 6.07 Å². The van der Waals surface area contributed by atoms with E-state index in [1.807, 2.05) is 41.2 Å². The van der Waals surface area contributed by atoms with Crippen molar-refractivity contribution in [2.75, 3.05) is 7.05 Å². The zero-order valence-electron chi connectivity index (χ0n) is 15.7. The second-order valence-corrected chi connectivity index (χ2v) is 6.87. The first-order valence-electron chi connectivity index (χ1n) is 9.01. The SMILES string of the molecule is Cc1c(C(=O)N(C)Cc2cnn(Cc3ccccc3)c2)oc2c(F)cccc12. The predicted molar refractivity (Wildman–Crippen MR) is 104 cm³/mol. The molecule has 142 valence electrons. The first kappa shape index (κ1) is 18.0. The van der Waals surface area contributed by atoms with Crippen LogP contribution in [0.2, 0.25) is 0 Å². The molecule has 0 saturated heterocycles. The van der Waals surface area contributed by atoms with Gasteiger partial charge in [0.1, 0.15) is 0 Å². The molecule has 0 unspecified atom stereocenters. The molecule has 4 rings (SSSR count).